The van der Waals surface area contributed by atoms with Gasteiger partial charge in [0.2, 0.25) is 0 Å². The highest BCUT2D eigenvalue weighted by molar-refractivity contribution is 5.87. The smallest absolute Gasteiger partial charge is 0.123 e. The van der Waals surface area contributed by atoms with Gasteiger partial charge < -0.3 is 0 Å². The zero-order valence-electron chi connectivity index (χ0n) is 16.3. The van der Waals surface area contributed by atoms with E-state index in [1.165, 1.54) is 52.1 Å². The highest BCUT2D eigenvalue weighted by Crippen LogP contribution is 2.44. The van der Waals surface area contributed by atoms with Crippen LogP contribution in [-0.4, -0.2) is 0 Å². The predicted molar refractivity (Wildman–Crippen MR) is 112 cm³/mol. The minimum Gasteiger partial charge on any atom is -0.207 e. The molecule has 0 nitrogen and oxygen atoms in total. The Bertz CT molecular complexity index is 1040. The van der Waals surface area contributed by atoms with Crippen molar-refractivity contribution in [3.8, 4) is 0 Å². The van der Waals surface area contributed by atoms with Crippen molar-refractivity contribution in [3.05, 3.63) is 118 Å². The Kier molecular flexibility index (Phi) is 4.72. The van der Waals surface area contributed by atoms with Gasteiger partial charge in [0, 0.05) is 5.92 Å². The number of aryl methyl sites for hydroxylation is 1. The maximum absolute atomic E-state index is 13.5. The van der Waals surface area contributed by atoms with Gasteiger partial charge in [-0.05, 0) is 83.2 Å². The van der Waals surface area contributed by atoms with Crippen molar-refractivity contribution in [1.82, 2.24) is 0 Å². The molecule has 140 valence electrons. The van der Waals surface area contributed by atoms with Gasteiger partial charge in [0.05, 0.1) is 0 Å². The van der Waals surface area contributed by atoms with Gasteiger partial charge in [0.15, 0.2) is 0 Å². The molecule has 1 unspecified atom stereocenters. The second-order valence-electron chi connectivity index (χ2n) is 7.46. The minimum absolute atomic E-state index is 0.269. The van der Waals surface area contributed by atoms with E-state index >= 15 is 0 Å². The van der Waals surface area contributed by atoms with Crippen LogP contribution in [0.3, 0.4) is 0 Å². The lowest BCUT2D eigenvalue weighted by Gasteiger charge is -2.13. The van der Waals surface area contributed by atoms with E-state index < -0.39 is 0 Å². The summed E-state index contributed by atoms with van der Waals surface area (Å²) >= 11 is 0. The van der Waals surface area contributed by atoms with Crippen molar-refractivity contribution in [3.63, 3.8) is 0 Å². The highest BCUT2D eigenvalue weighted by Gasteiger charge is 2.25. The van der Waals surface area contributed by atoms with Gasteiger partial charge in [-0.2, -0.15) is 0 Å². The van der Waals surface area contributed by atoms with Crippen molar-refractivity contribution in [2.24, 2.45) is 0 Å². The van der Waals surface area contributed by atoms with Gasteiger partial charge in [0.25, 0.3) is 0 Å². The molecule has 3 aromatic rings. The number of allylic oxidation sites excluding steroid dienone is 3. The lowest BCUT2D eigenvalue weighted by Crippen LogP contribution is -1.95. The van der Waals surface area contributed by atoms with Gasteiger partial charge in [0.1, 0.15) is 11.6 Å². The molecule has 0 N–H and O–H groups in total. The van der Waals surface area contributed by atoms with Gasteiger partial charge in [-0.1, -0.05) is 55.0 Å². The summed E-state index contributed by atoms with van der Waals surface area (Å²) in [5.74, 6) is -0.268. The van der Waals surface area contributed by atoms with E-state index in [-0.39, 0.29) is 17.6 Å². The van der Waals surface area contributed by atoms with Crippen LogP contribution in [-0.2, 0) is 0 Å². The molecule has 0 aliphatic heterocycles. The summed E-state index contributed by atoms with van der Waals surface area (Å²) in [7, 11) is 0. The molecule has 0 heterocycles. The summed E-state index contributed by atoms with van der Waals surface area (Å²) in [6.45, 7) is 6.47. The van der Waals surface area contributed by atoms with Crippen LogP contribution in [0.2, 0.25) is 0 Å². The summed E-state index contributed by atoms with van der Waals surface area (Å²) in [6.07, 6.45) is 2.18. The lowest BCUT2D eigenvalue weighted by molar-refractivity contribution is 0.627. The molecule has 1 atom stereocenters. The third-order valence-electron chi connectivity index (χ3n) is 5.59. The molecule has 2 heteroatoms. The van der Waals surface area contributed by atoms with Crippen LogP contribution >= 0.6 is 0 Å². The van der Waals surface area contributed by atoms with Crippen molar-refractivity contribution < 1.29 is 8.78 Å². The summed E-state index contributed by atoms with van der Waals surface area (Å²) in [6, 6.07) is 19.5. The van der Waals surface area contributed by atoms with Crippen LogP contribution in [0.5, 0.6) is 0 Å². The summed E-state index contributed by atoms with van der Waals surface area (Å²) in [4.78, 5) is 0. The average Bonchev–Trinajstić information content (AvgIpc) is 2.92. The van der Waals surface area contributed by atoms with Crippen LogP contribution in [0.15, 0.2) is 78.4 Å². The second-order valence-corrected chi connectivity index (χ2v) is 7.46. The number of benzene rings is 3. The normalized spacial score (nSPS) is 15.5. The number of hydrogen-bond donors (Lipinski definition) is 0. The molecule has 0 spiro atoms. The number of fused-ring (bicyclic) bond motifs is 1. The first kappa shape index (κ1) is 18.4. The van der Waals surface area contributed by atoms with Gasteiger partial charge in [-0.15, -0.1) is 0 Å². The van der Waals surface area contributed by atoms with Gasteiger partial charge in [-0.3, -0.25) is 0 Å². The number of hydrogen-bond acceptors (Lipinski definition) is 0. The number of rotatable bonds is 3. The molecular weight excluding hydrogens is 350 g/mol. The Morgan fingerprint density at radius 1 is 0.786 bits per heavy atom. The average molecular weight is 372 g/mol. The second kappa shape index (κ2) is 7.20. The van der Waals surface area contributed by atoms with E-state index in [1.807, 2.05) is 0 Å². The first-order valence-corrected chi connectivity index (χ1v) is 9.49. The Balaban J connectivity index is 1.87. The van der Waals surface area contributed by atoms with Crippen molar-refractivity contribution in [2.75, 3.05) is 0 Å². The zero-order valence-corrected chi connectivity index (χ0v) is 16.3. The maximum Gasteiger partial charge on any atom is 0.123 e. The minimum atomic E-state index is -0.269. The fourth-order valence-electron chi connectivity index (χ4n) is 4.01. The van der Waals surface area contributed by atoms with E-state index in [1.54, 1.807) is 24.3 Å². The first-order valence-electron chi connectivity index (χ1n) is 9.49. The monoisotopic (exact) mass is 372 g/mol. The van der Waals surface area contributed by atoms with Crippen LogP contribution < -0.4 is 0 Å². The van der Waals surface area contributed by atoms with E-state index in [0.29, 0.717) is 0 Å². The molecule has 4 rings (SSSR count). The molecule has 0 saturated carbocycles. The van der Waals surface area contributed by atoms with E-state index in [2.05, 4.69) is 45.0 Å². The van der Waals surface area contributed by atoms with Crippen molar-refractivity contribution in [2.45, 2.75) is 26.7 Å². The third-order valence-corrected chi connectivity index (χ3v) is 5.59. The molecule has 0 saturated heterocycles. The van der Waals surface area contributed by atoms with E-state index in [4.69, 9.17) is 0 Å². The Morgan fingerprint density at radius 3 is 1.86 bits per heavy atom. The molecule has 1 aliphatic rings. The van der Waals surface area contributed by atoms with Crippen LogP contribution in [0.4, 0.5) is 8.78 Å². The fraction of sp³-hybridized carbons (Fsp3) is 0.154. The lowest BCUT2D eigenvalue weighted by atomic mass is 9.91. The van der Waals surface area contributed by atoms with Crippen molar-refractivity contribution in [1.29, 1.82) is 0 Å². The standard InChI is InChI=1S/C26H22F2/c1-16-4-13-23-17(2)24(18(3)25(23)14-16)15-26(19-5-9-21(27)10-6-19)20-7-11-22(28)12-8-20/h4-15,18H,1-3H3. The summed E-state index contributed by atoms with van der Waals surface area (Å²) in [5, 5.41) is 0. The molecular formula is C26H22F2. The molecule has 28 heavy (non-hydrogen) atoms. The largest absolute Gasteiger partial charge is 0.207 e. The predicted octanol–water partition coefficient (Wildman–Crippen LogP) is 7.30. The highest BCUT2D eigenvalue weighted by atomic mass is 19.1. The maximum atomic E-state index is 13.5. The number of halogens is 2. The Hall–Kier alpha value is -3.00. The molecule has 0 fully saturated rings. The van der Waals surface area contributed by atoms with E-state index in [9.17, 15) is 8.78 Å². The third kappa shape index (κ3) is 3.31. The van der Waals surface area contributed by atoms with Gasteiger partial charge in [-0.25, -0.2) is 8.78 Å². The SMILES string of the molecule is CC1=C(C=C(c2ccc(F)cc2)c2ccc(F)cc2)C(C)c2cc(C)ccc21. The molecule has 3 aromatic carbocycles. The Labute approximate surface area is 164 Å². The molecule has 0 bridgehead atoms. The summed E-state index contributed by atoms with van der Waals surface area (Å²) < 4.78 is 26.9. The van der Waals surface area contributed by atoms with E-state index in [0.717, 1.165) is 16.7 Å². The van der Waals surface area contributed by atoms with Crippen LogP contribution in [0.25, 0.3) is 11.1 Å². The molecule has 0 aromatic heterocycles. The van der Waals surface area contributed by atoms with Gasteiger partial charge >= 0.3 is 0 Å². The van der Waals surface area contributed by atoms with Crippen molar-refractivity contribution >= 4 is 11.1 Å². The first-order chi connectivity index (χ1) is 13.4. The zero-order chi connectivity index (χ0) is 19.8. The molecule has 0 radical (unpaired) electrons. The van der Waals surface area contributed by atoms with Crippen LogP contribution in [0, 0.1) is 18.6 Å². The Morgan fingerprint density at radius 2 is 1.32 bits per heavy atom. The topological polar surface area (TPSA) is 0 Å². The van der Waals surface area contributed by atoms with Crippen LogP contribution in [0.1, 0.15) is 47.6 Å². The quantitative estimate of drug-likeness (QED) is 0.453. The fourth-order valence-corrected chi connectivity index (χ4v) is 4.01. The molecule has 0 amide bonds. The summed E-state index contributed by atoms with van der Waals surface area (Å²) in [5.41, 5.74) is 9.14. The molecule has 1 aliphatic carbocycles.